The fourth-order valence-corrected chi connectivity index (χ4v) is 4.59. The summed E-state index contributed by atoms with van der Waals surface area (Å²) in [4.78, 5) is 12.9. The molecule has 0 radical (unpaired) electrons. The van der Waals surface area contributed by atoms with Crippen molar-refractivity contribution in [3.8, 4) is 6.07 Å². The van der Waals surface area contributed by atoms with Crippen LogP contribution >= 0.6 is 0 Å². The Labute approximate surface area is 245 Å². The number of hydrogen-bond acceptors (Lipinski definition) is 8. The summed E-state index contributed by atoms with van der Waals surface area (Å²) < 4.78 is 95.2. The number of oxime groups is 1. The topological polar surface area (TPSA) is 115 Å². The second-order valence-corrected chi connectivity index (χ2v) is 13.8. The Morgan fingerprint density at radius 2 is 1.57 bits per heavy atom. The number of allylic oxidation sites excluding steroid dienone is 1. The fraction of sp³-hybridized carbons (Fsp3) is 0.621. The minimum Gasteiger partial charge on any atom is -0.463 e. The van der Waals surface area contributed by atoms with E-state index in [-0.39, 0.29) is 18.6 Å². The molecule has 1 aromatic rings. The van der Waals surface area contributed by atoms with Crippen molar-refractivity contribution in [3.63, 3.8) is 0 Å². The third-order valence-corrected chi connectivity index (χ3v) is 7.75. The van der Waals surface area contributed by atoms with Gasteiger partial charge in [-0.2, -0.15) is 31.2 Å². The summed E-state index contributed by atoms with van der Waals surface area (Å²) in [5.41, 5.74) is -1.56. The van der Waals surface area contributed by atoms with Crippen LogP contribution in [0.15, 0.2) is 41.6 Å². The van der Waals surface area contributed by atoms with Gasteiger partial charge < -0.3 is 9.47 Å². The van der Waals surface area contributed by atoms with Crippen molar-refractivity contribution >= 4 is 27.9 Å². The number of esters is 1. The number of alkyl halides is 4. The maximum absolute atomic E-state index is 14.3. The van der Waals surface area contributed by atoms with E-state index in [1.54, 1.807) is 30.3 Å². The molecule has 0 amide bonds. The number of nitriles is 1. The number of hydrogen-bond donors (Lipinski definition) is 0. The zero-order valence-electron chi connectivity index (χ0n) is 25.0. The molecule has 0 bridgehead atoms. The van der Waals surface area contributed by atoms with E-state index in [2.05, 4.69) is 9.44 Å². The van der Waals surface area contributed by atoms with Crippen LogP contribution in [0.2, 0.25) is 0 Å². The lowest BCUT2D eigenvalue weighted by Crippen LogP contribution is -2.47. The van der Waals surface area contributed by atoms with Crippen LogP contribution in [0, 0.1) is 27.6 Å². The normalized spacial score (nSPS) is 15.2. The molecule has 0 saturated heterocycles. The third-order valence-electron chi connectivity index (χ3n) is 6.55. The zero-order valence-corrected chi connectivity index (χ0v) is 25.9. The standard InChI is InChI=1S/C29H40F4N2O6S/c1-25(2,3)21-27(7,26(4,5)6)24(36)40-19-18-39-17-11-16-28(30,31)29(32,33)42(37,38)41-35-23(20-34)15-14-22-12-9-8-10-13-22/h8-10,12-15H,11,16-19,21H2,1-7H3. The van der Waals surface area contributed by atoms with Crippen LogP contribution in [0.4, 0.5) is 17.6 Å². The summed E-state index contributed by atoms with van der Waals surface area (Å²) in [7, 11) is -6.26. The van der Waals surface area contributed by atoms with Gasteiger partial charge in [0.25, 0.3) is 0 Å². The second kappa shape index (κ2) is 14.5. The molecule has 0 saturated carbocycles. The molecule has 1 rings (SSSR count). The van der Waals surface area contributed by atoms with Crippen molar-refractivity contribution in [1.82, 2.24) is 0 Å². The van der Waals surface area contributed by atoms with E-state index in [1.807, 2.05) is 48.5 Å². The van der Waals surface area contributed by atoms with Crippen LogP contribution in [0.1, 0.15) is 73.3 Å². The minimum atomic E-state index is -6.26. The van der Waals surface area contributed by atoms with Gasteiger partial charge in [-0.05, 0) is 42.2 Å². The molecule has 0 heterocycles. The maximum Gasteiger partial charge on any atom is 0.444 e. The number of nitrogens with zero attached hydrogens (tertiary/aromatic N) is 2. The quantitative estimate of drug-likeness (QED) is 0.0683. The Morgan fingerprint density at radius 1 is 0.976 bits per heavy atom. The van der Waals surface area contributed by atoms with Gasteiger partial charge >= 0.3 is 27.3 Å². The lowest BCUT2D eigenvalue weighted by atomic mass is 9.61. The summed E-state index contributed by atoms with van der Waals surface area (Å²) >= 11 is 0. The van der Waals surface area contributed by atoms with E-state index in [1.165, 1.54) is 12.1 Å². The fourth-order valence-electron chi connectivity index (χ4n) is 3.85. The highest BCUT2D eigenvalue weighted by Crippen LogP contribution is 2.47. The van der Waals surface area contributed by atoms with Gasteiger partial charge in [-0.1, -0.05) is 83.1 Å². The highest BCUT2D eigenvalue weighted by atomic mass is 32.2. The van der Waals surface area contributed by atoms with Crippen LogP contribution in [-0.2, 0) is 28.7 Å². The summed E-state index contributed by atoms with van der Waals surface area (Å²) in [6.45, 7) is 12.8. The van der Waals surface area contributed by atoms with Crippen LogP contribution in [0.3, 0.4) is 0 Å². The first kappa shape index (κ1) is 37.0. The first-order valence-electron chi connectivity index (χ1n) is 13.2. The number of halogens is 4. The number of carbonyl (C=O) groups excluding carboxylic acids is 1. The van der Waals surface area contributed by atoms with Gasteiger partial charge in [0.15, 0.2) is 5.71 Å². The smallest absolute Gasteiger partial charge is 0.444 e. The molecule has 1 unspecified atom stereocenters. The molecule has 1 atom stereocenters. The highest BCUT2D eigenvalue weighted by Gasteiger charge is 2.67. The molecule has 0 aliphatic heterocycles. The Hall–Kier alpha value is -2.98. The summed E-state index contributed by atoms with van der Waals surface area (Å²) in [5, 5.41) is 6.20. The Bertz CT molecular complexity index is 1250. The number of rotatable bonds is 15. The van der Waals surface area contributed by atoms with Crippen LogP contribution in [-0.4, -0.2) is 51.1 Å². The first-order valence-corrected chi connectivity index (χ1v) is 14.7. The maximum atomic E-state index is 14.3. The highest BCUT2D eigenvalue weighted by molar-refractivity contribution is 7.87. The van der Waals surface area contributed by atoms with E-state index in [0.29, 0.717) is 12.0 Å². The largest absolute Gasteiger partial charge is 0.463 e. The molecule has 0 aliphatic rings. The predicted octanol–water partition coefficient (Wildman–Crippen LogP) is 6.98. The van der Waals surface area contributed by atoms with Gasteiger partial charge in [-0.15, -0.1) is 0 Å². The van der Waals surface area contributed by atoms with Gasteiger partial charge in [0, 0.05) is 13.0 Å². The molecular formula is C29H40F4N2O6S. The third kappa shape index (κ3) is 10.4. The second-order valence-electron chi connectivity index (χ2n) is 12.3. The average molecular weight is 621 g/mol. The summed E-state index contributed by atoms with van der Waals surface area (Å²) in [6, 6.07) is 9.74. The molecule has 13 heteroatoms. The molecule has 1 aromatic carbocycles. The molecular weight excluding hydrogens is 580 g/mol. The van der Waals surface area contributed by atoms with Gasteiger partial charge in [0.2, 0.25) is 0 Å². The van der Waals surface area contributed by atoms with Crippen LogP contribution in [0.25, 0.3) is 6.08 Å². The van der Waals surface area contributed by atoms with Crippen molar-refractivity contribution in [3.05, 3.63) is 42.0 Å². The van der Waals surface area contributed by atoms with Crippen LogP contribution < -0.4 is 0 Å². The van der Waals surface area contributed by atoms with Crippen molar-refractivity contribution in [2.45, 2.75) is 78.9 Å². The monoisotopic (exact) mass is 620 g/mol. The predicted molar refractivity (Wildman–Crippen MR) is 151 cm³/mol. The Kier molecular flexibility index (Phi) is 12.8. The number of carbonyl (C=O) groups is 1. The molecule has 236 valence electrons. The summed E-state index contributed by atoms with van der Waals surface area (Å²) in [6.07, 6.45) is 0.651. The summed E-state index contributed by atoms with van der Waals surface area (Å²) in [5.74, 6) is -5.48. The Balaban J connectivity index is 2.65. The van der Waals surface area contributed by atoms with Crippen LogP contribution in [0.5, 0.6) is 0 Å². The zero-order chi connectivity index (χ0) is 32.5. The van der Waals surface area contributed by atoms with Crippen molar-refractivity contribution in [2.75, 3.05) is 19.8 Å². The lowest BCUT2D eigenvalue weighted by molar-refractivity contribution is -0.168. The molecule has 0 N–H and O–H groups in total. The van der Waals surface area contributed by atoms with Gasteiger partial charge in [-0.25, -0.2) is 0 Å². The van der Waals surface area contributed by atoms with E-state index in [4.69, 9.17) is 14.7 Å². The molecule has 0 fully saturated rings. The molecule has 42 heavy (non-hydrogen) atoms. The lowest BCUT2D eigenvalue weighted by Gasteiger charge is -2.43. The van der Waals surface area contributed by atoms with E-state index < -0.39 is 63.3 Å². The van der Waals surface area contributed by atoms with Gasteiger partial charge in [0.1, 0.15) is 12.7 Å². The van der Waals surface area contributed by atoms with Gasteiger partial charge in [0.05, 0.1) is 12.0 Å². The van der Waals surface area contributed by atoms with Crippen molar-refractivity contribution < 1.29 is 44.5 Å². The minimum absolute atomic E-state index is 0.160. The molecule has 0 spiro atoms. The average Bonchev–Trinajstić information content (AvgIpc) is 2.86. The van der Waals surface area contributed by atoms with E-state index >= 15 is 0 Å². The van der Waals surface area contributed by atoms with Gasteiger partial charge in [-0.3, -0.25) is 9.08 Å². The van der Waals surface area contributed by atoms with E-state index in [0.717, 1.165) is 6.08 Å². The Morgan fingerprint density at radius 3 is 2.10 bits per heavy atom. The molecule has 0 aliphatic carbocycles. The first-order chi connectivity index (χ1) is 19.1. The number of benzene rings is 1. The van der Waals surface area contributed by atoms with Crippen molar-refractivity contribution in [2.24, 2.45) is 21.4 Å². The SMILES string of the molecule is CC(C)(C)CC(C)(C(=O)OCCOCCCC(F)(F)C(F)(F)S(=O)(=O)ON=C(C#N)C=Cc1ccccc1)C(C)(C)C. The van der Waals surface area contributed by atoms with E-state index in [9.17, 15) is 30.8 Å². The molecule has 8 nitrogen and oxygen atoms in total. The van der Waals surface area contributed by atoms with Crippen molar-refractivity contribution in [1.29, 1.82) is 5.26 Å². The number of ether oxygens (including phenoxy) is 2. The molecule has 0 aromatic heterocycles.